The zero-order chi connectivity index (χ0) is 9.35. The molecule has 70 valence electrons. The minimum Gasteiger partial charge on any atom is -0.376 e. The van der Waals surface area contributed by atoms with Crippen molar-refractivity contribution >= 4 is 38.8 Å². The van der Waals surface area contributed by atoms with Crippen LogP contribution in [0.3, 0.4) is 0 Å². The highest BCUT2D eigenvalue weighted by Gasteiger charge is 2.36. The number of hydrogen-bond acceptors (Lipinski definition) is 3. The third-order valence-corrected chi connectivity index (χ3v) is 4.10. The van der Waals surface area contributed by atoms with Gasteiger partial charge in [-0.05, 0) is 12.2 Å². The van der Waals surface area contributed by atoms with Crippen LogP contribution in [0.4, 0.5) is 0 Å². The van der Waals surface area contributed by atoms with Crippen LogP contribution in [0.2, 0.25) is 0 Å². The van der Waals surface area contributed by atoms with Gasteiger partial charge >= 0.3 is 0 Å². The average Bonchev–Trinajstić information content (AvgIpc) is 2.03. The van der Waals surface area contributed by atoms with Crippen molar-refractivity contribution in [3.8, 4) is 0 Å². The Balaban J connectivity index is 2.64. The van der Waals surface area contributed by atoms with Gasteiger partial charge in [0.2, 0.25) is 0 Å². The zero-order valence-corrected chi connectivity index (χ0v) is 8.55. The Morgan fingerprint density at radius 1 is 1.58 bits per heavy atom. The third-order valence-electron chi connectivity index (χ3n) is 1.61. The molecule has 1 heterocycles. The zero-order valence-electron chi connectivity index (χ0n) is 6.16. The standard InChI is InChI=1S/C5H9ClN2O2S2/c6-3-1-12(9,10)2-4(3)8-5(7)11/h3-4H,1-2H2,(H3,7,8,11)/t3-,4+/m1/s1. The van der Waals surface area contributed by atoms with Crippen molar-refractivity contribution in [2.24, 2.45) is 5.73 Å². The molecule has 0 bridgehead atoms. The van der Waals surface area contributed by atoms with Gasteiger partial charge in [0.15, 0.2) is 14.9 Å². The lowest BCUT2D eigenvalue weighted by Crippen LogP contribution is -2.43. The molecule has 0 aromatic carbocycles. The molecular weight excluding hydrogens is 220 g/mol. The van der Waals surface area contributed by atoms with E-state index in [1.54, 1.807) is 0 Å². The van der Waals surface area contributed by atoms with Gasteiger partial charge in [0.05, 0.1) is 22.9 Å². The summed E-state index contributed by atoms with van der Waals surface area (Å²) in [6.45, 7) is 0. The fourth-order valence-electron chi connectivity index (χ4n) is 1.12. The smallest absolute Gasteiger partial charge is 0.163 e. The first-order valence-electron chi connectivity index (χ1n) is 3.31. The van der Waals surface area contributed by atoms with Crippen molar-refractivity contribution in [1.82, 2.24) is 5.32 Å². The highest BCUT2D eigenvalue weighted by atomic mass is 35.5. The topological polar surface area (TPSA) is 72.2 Å². The lowest BCUT2D eigenvalue weighted by molar-refractivity contribution is 0.600. The summed E-state index contributed by atoms with van der Waals surface area (Å²) < 4.78 is 22.0. The molecular formula is C5H9ClN2O2S2. The quantitative estimate of drug-likeness (QED) is 0.455. The Morgan fingerprint density at radius 3 is 2.50 bits per heavy atom. The second-order valence-electron chi connectivity index (χ2n) is 2.71. The molecule has 0 aromatic rings. The van der Waals surface area contributed by atoms with E-state index in [1.165, 1.54) is 0 Å². The van der Waals surface area contributed by atoms with Crippen molar-refractivity contribution in [3.05, 3.63) is 0 Å². The van der Waals surface area contributed by atoms with Crippen LogP contribution >= 0.6 is 23.8 Å². The molecule has 1 aliphatic rings. The van der Waals surface area contributed by atoms with Crippen molar-refractivity contribution in [2.75, 3.05) is 11.5 Å². The fourth-order valence-corrected chi connectivity index (χ4v) is 3.82. The molecule has 0 saturated carbocycles. The van der Waals surface area contributed by atoms with E-state index in [9.17, 15) is 8.42 Å². The number of nitrogens with one attached hydrogen (secondary N) is 1. The molecule has 4 nitrogen and oxygen atoms in total. The summed E-state index contributed by atoms with van der Waals surface area (Å²) in [6, 6.07) is -0.339. The number of nitrogens with two attached hydrogens (primary N) is 1. The summed E-state index contributed by atoms with van der Waals surface area (Å²) in [4.78, 5) is 0. The molecule has 0 aliphatic carbocycles. The first kappa shape index (κ1) is 10.0. The maximum absolute atomic E-state index is 11.0. The Labute approximate surface area is 81.4 Å². The maximum Gasteiger partial charge on any atom is 0.163 e. The molecule has 1 aliphatic heterocycles. The van der Waals surface area contributed by atoms with Gasteiger partial charge in [-0.25, -0.2) is 8.42 Å². The van der Waals surface area contributed by atoms with E-state index >= 15 is 0 Å². The summed E-state index contributed by atoms with van der Waals surface area (Å²) in [5, 5.41) is 2.30. The third kappa shape index (κ3) is 2.46. The van der Waals surface area contributed by atoms with E-state index in [2.05, 4.69) is 17.5 Å². The monoisotopic (exact) mass is 228 g/mol. The Kier molecular flexibility index (Phi) is 2.80. The Bertz CT molecular complexity index is 290. The van der Waals surface area contributed by atoms with Gasteiger partial charge in [0, 0.05) is 0 Å². The molecule has 12 heavy (non-hydrogen) atoms. The minimum absolute atomic E-state index is 0.00512. The maximum atomic E-state index is 11.0. The van der Waals surface area contributed by atoms with E-state index in [4.69, 9.17) is 17.3 Å². The van der Waals surface area contributed by atoms with Gasteiger partial charge in [-0.2, -0.15) is 0 Å². The van der Waals surface area contributed by atoms with Crippen LogP contribution in [0.25, 0.3) is 0 Å². The summed E-state index contributed by atoms with van der Waals surface area (Å²) in [7, 11) is -3.00. The molecule has 0 amide bonds. The number of alkyl halides is 1. The van der Waals surface area contributed by atoms with Crippen molar-refractivity contribution < 1.29 is 8.42 Å². The molecule has 0 aromatic heterocycles. The molecule has 3 N–H and O–H groups in total. The van der Waals surface area contributed by atoms with Crippen LogP contribution in [0, 0.1) is 0 Å². The van der Waals surface area contributed by atoms with Crippen LogP contribution in [0.5, 0.6) is 0 Å². The molecule has 2 atom stereocenters. The average molecular weight is 229 g/mol. The second kappa shape index (κ2) is 3.35. The van der Waals surface area contributed by atoms with Gasteiger partial charge in [-0.15, -0.1) is 11.6 Å². The van der Waals surface area contributed by atoms with E-state index < -0.39 is 15.2 Å². The highest BCUT2D eigenvalue weighted by molar-refractivity contribution is 7.91. The van der Waals surface area contributed by atoms with Gasteiger partial charge in [0.25, 0.3) is 0 Å². The van der Waals surface area contributed by atoms with Crippen LogP contribution in [0.1, 0.15) is 0 Å². The second-order valence-corrected chi connectivity index (χ2v) is 5.86. The molecule has 0 spiro atoms. The van der Waals surface area contributed by atoms with Gasteiger partial charge in [0.1, 0.15) is 0 Å². The number of thiocarbonyl (C=S) groups is 1. The fraction of sp³-hybridized carbons (Fsp3) is 0.800. The van der Waals surface area contributed by atoms with E-state index in [0.29, 0.717) is 0 Å². The lowest BCUT2D eigenvalue weighted by Gasteiger charge is -2.13. The molecule has 1 rings (SSSR count). The number of sulfone groups is 1. The van der Waals surface area contributed by atoms with E-state index in [0.717, 1.165) is 0 Å². The normalized spacial score (nSPS) is 33.1. The van der Waals surface area contributed by atoms with Crippen LogP contribution < -0.4 is 11.1 Å². The SMILES string of the molecule is NC(=S)N[C@H]1CS(=O)(=O)C[C@H]1Cl. The van der Waals surface area contributed by atoms with Gasteiger partial charge in [-0.1, -0.05) is 0 Å². The Hall–Kier alpha value is -0.0700. The summed E-state index contributed by atoms with van der Waals surface area (Å²) in [5.74, 6) is 0.00728. The first-order valence-corrected chi connectivity index (χ1v) is 5.98. The molecule has 1 saturated heterocycles. The van der Waals surface area contributed by atoms with Crippen molar-refractivity contribution in [2.45, 2.75) is 11.4 Å². The predicted molar refractivity (Wildman–Crippen MR) is 52.0 cm³/mol. The number of halogens is 1. The highest BCUT2D eigenvalue weighted by Crippen LogP contribution is 2.17. The first-order chi connectivity index (χ1) is 5.41. The van der Waals surface area contributed by atoms with Crippen LogP contribution in [0.15, 0.2) is 0 Å². The lowest BCUT2D eigenvalue weighted by atomic mass is 10.3. The van der Waals surface area contributed by atoms with E-state index in [-0.39, 0.29) is 22.7 Å². The summed E-state index contributed by atoms with van der Waals surface area (Å²) >= 11 is 10.3. The largest absolute Gasteiger partial charge is 0.376 e. The van der Waals surface area contributed by atoms with Crippen LogP contribution in [-0.4, -0.2) is 36.5 Å². The van der Waals surface area contributed by atoms with Crippen molar-refractivity contribution in [3.63, 3.8) is 0 Å². The summed E-state index contributed by atoms with van der Waals surface area (Å²) in [6.07, 6.45) is 0. The van der Waals surface area contributed by atoms with Gasteiger partial charge < -0.3 is 11.1 Å². The van der Waals surface area contributed by atoms with Crippen molar-refractivity contribution in [1.29, 1.82) is 0 Å². The number of hydrogen-bond donors (Lipinski definition) is 2. The molecule has 0 radical (unpaired) electrons. The van der Waals surface area contributed by atoms with Crippen LogP contribution in [-0.2, 0) is 9.84 Å². The summed E-state index contributed by atoms with van der Waals surface area (Å²) in [5.41, 5.74) is 5.19. The predicted octanol–water partition coefficient (Wildman–Crippen LogP) is -0.776. The van der Waals surface area contributed by atoms with Gasteiger partial charge in [-0.3, -0.25) is 0 Å². The molecule has 7 heteroatoms. The Morgan fingerprint density at radius 2 is 2.17 bits per heavy atom. The molecule has 1 fully saturated rings. The number of rotatable bonds is 1. The van der Waals surface area contributed by atoms with E-state index in [1.807, 2.05) is 0 Å². The minimum atomic E-state index is -3.00. The molecule has 0 unspecified atom stereocenters.